The number of aromatic amines is 2. The highest BCUT2D eigenvalue weighted by Gasteiger charge is 2.43. The lowest BCUT2D eigenvalue weighted by molar-refractivity contribution is -0.152. The second-order valence-corrected chi connectivity index (χ2v) is 14.7. The fourth-order valence-corrected chi connectivity index (χ4v) is 8.07. The average Bonchev–Trinajstić information content (AvgIpc) is 4.07. The Kier molecular flexibility index (Phi) is 10.2. The van der Waals surface area contributed by atoms with Crippen LogP contribution in [0.15, 0.2) is 116 Å². The Labute approximate surface area is 328 Å². The first-order valence-electron chi connectivity index (χ1n) is 19.0. The molecule has 4 aromatic carbocycles. The molecule has 2 fully saturated rings. The molecule has 8 rings (SSSR count). The number of carboxylic acid groups (broad SMARTS) is 1. The number of aliphatic hydroxyl groups is 1. The summed E-state index contributed by atoms with van der Waals surface area (Å²) in [4.78, 5) is 58.2. The number of carbonyl (C=O) groups is 3. The van der Waals surface area contributed by atoms with Gasteiger partial charge in [-0.15, -0.1) is 0 Å². The fraction of sp³-hybridized carbons (Fsp3) is 0.250. The quantitative estimate of drug-likeness (QED) is 0.0961. The number of imidazole rings is 2. The molecular weight excluding hydrogens is 726 g/mol. The number of nitrogens with one attached hydrogen (secondary N) is 3. The first-order valence-corrected chi connectivity index (χ1v) is 19.0. The van der Waals surface area contributed by atoms with Crippen LogP contribution >= 0.6 is 0 Å². The van der Waals surface area contributed by atoms with Crippen LogP contribution in [0.4, 0.5) is 9.18 Å². The number of rotatable bonds is 10. The van der Waals surface area contributed by atoms with E-state index in [1.807, 2.05) is 54.6 Å². The van der Waals surface area contributed by atoms with Crippen LogP contribution in [0.5, 0.6) is 0 Å². The topological polar surface area (TPSA) is 168 Å². The van der Waals surface area contributed by atoms with Crippen molar-refractivity contribution in [3.05, 3.63) is 144 Å². The summed E-state index contributed by atoms with van der Waals surface area (Å²) in [6.45, 7) is 2.27. The summed E-state index contributed by atoms with van der Waals surface area (Å²) in [6, 6.07) is 29.1. The zero-order valence-corrected chi connectivity index (χ0v) is 31.2. The minimum Gasteiger partial charge on any atom is -0.465 e. The first kappa shape index (κ1) is 37.3. The summed E-state index contributed by atoms with van der Waals surface area (Å²) in [5.74, 6) is -0.239. The molecule has 290 valence electrons. The van der Waals surface area contributed by atoms with Crippen LogP contribution in [-0.4, -0.2) is 70.9 Å². The molecule has 2 aliphatic heterocycles. The number of nitrogens with zero attached hydrogens (tertiary/aromatic N) is 4. The number of likely N-dealkylation sites (tertiary alicyclic amines) is 2. The van der Waals surface area contributed by atoms with E-state index in [0.717, 1.165) is 46.5 Å². The monoisotopic (exact) mass is 767 g/mol. The van der Waals surface area contributed by atoms with Crippen LogP contribution in [0, 0.1) is 5.82 Å². The van der Waals surface area contributed by atoms with Crippen molar-refractivity contribution in [2.75, 3.05) is 13.1 Å². The first-order chi connectivity index (χ1) is 27.6. The molecule has 0 saturated carbocycles. The van der Waals surface area contributed by atoms with Gasteiger partial charge in [0.15, 0.2) is 5.60 Å². The minimum absolute atomic E-state index is 0.0564. The number of halogens is 1. The van der Waals surface area contributed by atoms with Crippen molar-refractivity contribution < 1.29 is 29.0 Å². The summed E-state index contributed by atoms with van der Waals surface area (Å²) in [5, 5.41) is 23.1. The summed E-state index contributed by atoms with van der Waals surface area (Å²) < 4.78 is 14.6. The highest BCUT2D eigenvalue weighted by Crippen LogP contribution is 2.37. The van der Waals surface area contributed by atoms with E-state index in [4.69, 9.17) is 0 Å². The van der Waals surface area contributed by atoms with Gasteiger partial charge in [0.2, 0.25) is 0 Å². The number of hydrogen-bond acceptors (Lipinski definition) is 6. The van der Waals surface area contributed by atoms with Gasteiger partial charge in [-0.1, -0.05) is 97.1 Å². The van der Waals surface area contributed by atoms with E-state index in [2.05, 4.69) is 25.3 Å². The zero-order chi connectivity index (χ0) is 39.7. The lowest BCUT2D eigenvalue weighted by atomic mass is 9.93. The predicted octanol–water partition coefficient (Wildman–Crippen LogP) is 7.52. The minimum atomic E-state index is -2.02. The van der Waals surface area contributed by atoms with Crippen molar-refractivity contribution >= 4 is 17.9 Å². The van der Waals surface area contributed by atoms with Crippen molar-refractivity contribution in [2.45, 2.75) is 56.3 Å². The Morgan fingerprint density at radius 1 is 0.737 bits per heavy atom. The third kappa shape index (κ3) is 7.41. The molecule has 12 nitrogen and oxygen atoms in total. The summed E-state index contributed by atoms with van der Waals surface area (Å²) in [5.41, 5.74) is 3.98. The maximum absolute atomic E-state index is 14.6. The Balaban J connectivity index is 0.931. The highest BCUT2D eigenvalue weighted by atomic mass is 19.1. The molecule has 0 spiro atoms. The number of hydrogen-bond donors (Lipinski definition) is 5. The van der Waals surface area contributed by atoms with E-state index >= 15 is 0 Å². The van der Waals surface area contributed by atoms with Gasteiger partial charge in [0, 0.05) is 18.7 Å². The lowest BCUT2D eigenvalue weighted by Crippen LogP contribution is -2.45. The average molecular weight is 768 g/mol. The van der Waals surface area contributed by atoms with Gasteiger partial charge in [-0.2, -0.15) is 0 Å². The smallest absolute Gasteiger partial charge is 0.405 e. The van der Waals surface area contributed by atoms with E-state index in [9.17, 15) is 29.0 Å². The van der Waals surface area contributed by atoms with Crippen LogP contribution in [-0.2, 0) is 15.2 Å². The number of H-pyrrole nitrogens is 2. The van der Waals surface area contributed by atoms with Crippen molar-refractivity contribution in [3.63, 3.8) is 0 Å². The molecule has 57 heavy (non-hydrogen) atoms. The molecule has 2 aliphatic rings. The molecule has 0 unspecified atom stereocenters. The number of amides is 3. The van der Waals surface area contributed by atoms with Gasteiger partial charge in [-0.25, -0.2) is 19.2 Å². The second kappa shape index (κ2) is 15.5. The van der Waals surface area contributed by atoms with Crippen LogP contribution in [0.1, 0.15) is 73.5 Å². The van der Waals surface area contributed by atoms with Gasteiger partial charge in [-0.3, -0.25) is 9.59 Å². The van der Waals surface area contributed by atoms with Crippen LogP contribution in [0.25, 0.3) is 33.6 Å². The molecule has 6 aromatic rings. The molecule has 4 heterocycles. The van der Waals surface area contributed by atoms with Crippen LogP contribution in [0.2, 0.25) is 0 Å². The van der Waals surface area contributed by atoms with Crippen molar-refractivity contribution in [2.24, 2.45) is 0 Å². The summed E-state index contributed by atoms with van der Waals surface area (Å²) in [7, 11) is 0. The molecule has 2 saturated heterocycles. The SMILES string of the molecule is C[C@@](O)(C(=O)N1CCC[C@H]1c1ncc(-c2ccc(-c3ccc(-c4cnc([C@@H]5CCCN5C(=O)[C@H](NC(=O)O)c5ccccc5)[nH]4)cc3)cc2)[nH]1)c1ccccc1F. The van der Waals surface area contributed by atoms with Gasteiger partial charge in [-0.05, 0) is 66.5 Å². The number of benzene rings is 4. The van der Waals surface area contributed by atoms with E-state index in [-0.39, 0.29) is 23.6 Å². The van der Waals surface area contributed by atoms with E-state index in [1.54, 1.807) is 52.5 Å². The zero-order valence-electron chi connectivity index (χ0n) is 31.2. The normalized spacial score (nSPS) is 18.3. The molecule has 5 N–H and O–H groups in total. The Morgan fingerprint density at radius 2 is 1.23 bits per heavy atom. The number of carbonyl (C=O) groups excluding carboxylic acids is 2. The molecule has 4 atom stereocenters. The third-order valence-corrected chi connectivity index (χ3v) is 11.1. The molecule has 0 radical (unpaired) electrons. The lowest BCUT2D eigenvalue weighted by Gasteiger charge is -2.31. The molecule has 0 aliphatic carbocycles. The highest BCUT2D eigenvalue weighted by molar-refractivity contribution is 5.87. The summed E-state index contributed by atoms with van der Waals surface area (Å²) >= 11 is 0. The van der Waals surface area contributed by atoms with Gasteiger partial charge >= 0.3 is 6.09 Å². The summed E-state index contributed by atoms with van der Waals surface area (Å²) in [6.07, 6.45) is 5.12. The van der Waals surface area contributed by atoms with E-state index in [1.165, 1.54) is 25.1 Å². The van der Waals surface area contributed by atoms with E-state index < -0.39 is 29.5 Å². The number of aromatic nitrogens is 4. The van der Waals surface area contributed by atoms with Crippen molar-refractivity contribution in [1.82, 2.24) is 35.1 Å². The second-order valence-electron chi connectivity index (χ2n) is 14.7. The Bertz CT molecular complexity index is 2390. The van der Waals surface area contributed by atoms with Crippen molar-refractivity contribution in [1.29, 1.82) is 0 Å². The largest absolute Gasteiger partial charge is 0.465 e. The van der Waals surface area contributed by atoms with E-state index in [0.29, 0.717) is 43.1 Å². The standard InChI is InChI=1S/C44H42FN7O5/c1-44(57,32-11-5-6-12-33(32)45)42(54)52-24-8-14-37(52)40-47-26-35(49-40)30-21-17-28(18-22-30)27-15-19-29(20-16-27)34-25-46-39(48-34)36-13-7-23-51(36)41(53)38(50-43(55)56)31-9-3-2-4-10-31/h2-6,9-12,15-22,25-26,36-38,50,57H,7-8,13-14,23-24H2,1H3,(H,46,48)(H,47,49)(H,55,56)/t36-,37-,38+,44-/m0/s1. The molecule has 3 amide bonds. The van der Waals surface area contributed by atoms with Gasteiger partial charge in [0.25, 0.3) is 11.8 Å². The molecule has 13 heteroatoms. The van der Waals surface area contributed by atoms with Gasteiger partial charge in [0.05, 0.1) is 35.9 Å². The van der Waals surface area contributed by atoms with Crippen LogP contribution < -0.4 is 5.32 Å². The fourth-order valence-electron chi connectivity index (χ4n) is 8.07. The Hall–Kier alpha value is -6.60. The van der Waals surface area contributed by atoms with Gasteiger partial charge < -0.3 is 35.3 Å². The predicted molar refractivity (Wildman–Crippen MR) is 211 cm³/mol. The third-order valence-electron chi connectivity index (χ3n) is 11.1. The Morgan fingerprint density at radius 3 is 1.77 bits per heavy atom. The van der Waals surface area contributed by atoms with Gasteiger partial charge in [0.1, 0.15) is 23.5 Å². The maximum atomic E-state index is 14.6. The molecular formula is C44H42FN7O5. The maximum Gasteiger partial charge on any atom is 0.405 e. The van der Waals surface area contributed by atoms with Crippen molar-refractivity contribution in [3.8, 4) is 33.6 Å². The molecule has 2 aromatic heterocycles. The van der Waals surface area contributed by atoms with Crippen LogP contribution in [0.3, 0.4) is 0 Å². The molecule has 0 bridgehead atoms.